The van der Waals surface area contributed by atoms with Crippen molar-refractivity contribution in [1.82, 2.24) is 34.4 Å². The largest absolute Gasteiger partial charge is 0.443 e. The van der Waals surface area contributed by atoms with E-state index >= 15 is 0 Å². The minimum atomic E-state index is -0.835. The Morgan fingerprint density at radius 3 is 2.00 bits per heavy atom. The lowest BCUT2D eigenvalue weighted by Gasteiger charge is -2.26. The van der Waals surface area contributed by atoms with Gasteiger partial charge >= 0.3 is 17.9 Å². The SMILES string of the molecule is CN(C(=O)OC(C)(C)C)c1cccc(CN(Cc2ccccc2)C(=O)C(=O)Nc2cnc(N)c3cnn(C4CCCCO4)c23)c1.Nc1ncc(Br)c2c1cnn2C1CCCCO1. The summed E-state index contributed by atoms with van der Waals surface area (Å²) >= 11 is 3.49. The van der Waals surface area contributed by atoms with E-state index in [0.29, 0.717) is 34.7 Å². The van der Waals surface area contributed by atoms with Crippen LogP contribution < -0.4 is 21.7 Å². The van der Waals surface area contributed by atoms with Crippen molar-refractivity contribution >= 4 is 78.7 Å². The molecule has 3 amide bonds. The van der Waals surface area contributed by atoms with Gasteiger partial charge in [0.1, 0.15) is 22.8 Å². The fraction of sp³-hybridized carbons (Fsp3) is 0.386. The Kier molecular flexibility index (Phi) is 13.7. The highest BCUT2D eigenvalue weighted by atomic mass is 79.9. The summed E-state index contributed by atoms with van der Waals surface area (Å²) in [5, 5.41) is 13.1. The first kappa shape index (κ1) is 44.0. The second-order valence-electron chi connectivity index (χ2n) is 16.2. The number of nitrogen functional groups attached to an aromatic ring is 2. The molecule has 6 heterocycles. The number of fused-ring (bicyclic) bond motifs is 2. The molecule has 2 fully saturated rings. The maximum absolute atomic E-state index is 13.8. The van der Waals surface area contributed by atoms with E-state index in [0.717, 1.165) is 65.2 Å². The summed E-state index contributed by atoms with van der Waals surface area (Å²) in [5.41, 5.74) is 15.3. The number of aromatic nitrogens is 6. The Labute approximate surface area is 367 Å². The molecule has 0 radical (unpaired) electrons. The lowest BCUT2D eigenvalue weighted by Crippen LogP contribution is -2.39. The number of hydrogen-bond acceptors (Lipinski definition) is 12. The highest BCUT2D eigenvalue weighted by Gasteiger charge is 2.28. The van der Waals surface area contributed by atoms with Gasteiger partial charge in [-0.05, 0) is 98.5 Å². The number of nitrogens with zero attached hydrogens (tertiary/aromatic N) is 8. The lowest BCUT2D eigenvalue weighted by molar-refractivity contribution is -0.144. The molecule has 0 saturated carbocycles. The fourth-order valence-electron chi connectivity index (χ4n) is 7.33. The Morgan fingerprint density at radius 2 is 1.39 bits per heavy atom. The van der Waals surface area contributed by atoms with Crippen molar-refractivity contribution in [2.24, 2.45) is 0 Å². The van der Waals surface area contributed by atoms with Gasteiger partial charge in [-0.15, -0.1) is 0 Å². The van der Waals surface area contributed by atoms with Crippen LogP contribution >= 0.6 is 15.9 Å². The monoisotopic (exact) mass is 909 g/mol. The summed E-state index contributed by atoms with van der Waals surface area (Å²) in [5.74, 6) is -0.809. The van der Waals surface area contributed by atoms with E-state index in [1.165, 1.54) is 22.4 Å². The molecule has 2 aliphatic rings. The standard InChI is InChI=1S/C33H39N7O5.C11H13BrN4O/c1-33(2,3)45-32(43)38(4)24-14-10-13-23(17-24)21-39(20-22-11-6-5-7-12-22)31(42)30(41)37-26-19-35-29(34)25-18-36-40(28(25)26)27-15-8-9-16-44-27;12-8-6-14-11(13)7-5-15-16(10(7)8)9-3-1-2-4-17-9/h5-7,10-14,17-19,27H,8-9,15-16,20-21H2,1-4H3,(H2,34,35)(H,37,41);5-6,9H,1-4H2,(H2,13,14). The zero-order valence-electron chi connectivity index (χ0n) is 35.3. The molecule has 4 aromatic heterocycles. The summed E-state index contributed by atoms with van der Waals surface area (Å²) in [6.45, 7) is 7.10. The molecule has 17 nitrogen and oxygen atoms in total. The van der Waals surface area contributed by atoms with Crippen molar-refractivity contribution in [3.8, 4) is 0 Å². The Bertz CT molecular complexity index is 2530. The third kappa shape index (κ3) is 10.3. The van der Waals surface area contributed by atoms with Gasteiger partial charge in [0.2, 0.25) is 0 Å². The number of ether oxygens (including phenoxy) is 3. The first-order valence-electron chi connectivity index (χ1n) is 20.6. The maximum Gasteiger partial charge on any atom is 0.414 e. The third-order valence-corrected chi connectivity index (χ3v) is 11.0. The maximum atomic E-state index is 13.8. The molecular formula is C44H52BrN11O6. The summed E-state index contributed by atoms with van der Waals surface area (Å²) in [6, 6.07) is 16.6. The van der Waals surface area contributed by atoms with E-state index < -0.39 is 23.5 Å². The molecule has 2 aliphatic heterocycles. The van der Waals surface area contributed by atoms with Crippen molar-refractivity contribution < 1.29 is 28.6 Å². The number of anilines is 4. The summed E-state index contributed by atoms with van der Waals surface area (Å²) < 4.78 is 21.7. The lowest BCUT2D eigenvalue weighted by atomic mass is 10.1. The summed E-state index contributed by atoms with van der Waals surface area (Å²) in [7, 11) is 1.62. The second-order valence-corrected chi connectivity index (χ2v) is 17.1. The Hall–Kier alpha value is -6.11. The van der Waals surface area contributed by atoms with Crippen LogP contribution in [0.2, 0.25) is 0 Å². The van der Waals surface area contributed by atoms with E-state index in [2.05, 4.69) is 41.4 Å². The number of pyridine rings is 2. The Balaban J connectivity index is 0.000000281. The second kappa shape index (κ2) is 19.3. The molecule has 0 spiro atoms. The van der Waals surface area contributed by atoms with Crippen molar-refractivity contribution in [1.29, 1.82) is 0 Å². The number of amides is 3. The molecule has 2 saturated heterocycles. The van der Waals surface area contributed by atoms with Crippen molar-refractivity contribution in [3.05, 3.63) is 95.0 Å². The van der Waals surface area contributed by atoms with Crippen LogP contribution in [0.5, 0.6) is 0 Å². The van der Waals surface area contributed by atoms with Crippen LogP contribution in [0.15, 0.2) is 83.9 Å². The molecule has 5 N–H and O–H groups in total. The van der Waals surface area contributed by atoms with Gasteiger partial charge in [0.15, 0.2) is 12.5 Å². The fourth-order valence-corrected chi connectivity index (χ4v) is 7.83. The highest BCUT2D eigenvalue weighted by Crippen LogP contribution is 2.34. The molecule has 0 aliphatic carbocycles. The molecule has 18 heteroatoms. The van der Waals surface area contributed by atoms with E-state index in [-0.39, 0.29) is 31.4 Å². The van der Waals surface area contributed by atoms with Crippen LogP contribution in [0.4, 0.5) is 27.8 Å². The number of nitrogens with two attached hydrogens (primary N) is 2. The van der Waals surface area contributed by atoms with E-state index in [9.17, 15) is 14.4 Å². The van der Waals surface area contributed by atoms with Crippen LogP contribution in [0.25, 0.3) is 21.8 Å². The Morgan fingerprint density at radius 1 is 0.806 bits per heavy atom. The van der Waals surface area contributed by atoms with Crippen molar-refractivity contribution in [3.63, 3.8) is 0 Å². The first-order chi connectivity index (χ1) is 29.8. The highest BCUT2D eigenvalue weighted by molar-refractivity contribution is 9.10. The van der Waals surface area contributed by atoms with Crippen molar-refractivity contribution in [2.75, 3.05) is 41.9 Å². The van der Waals surface area contributed by atoms with Gasteiger partial charge in [-0.1, -0.05) is 42.5 Å². The van der Waals surface area contributed by atoms with Gasteiger partial charge in [0, 0.05) is 45.2 Å². The number of carbonyl (C=O) groups excluding carboxylic acids is 3. The molecule has 8 rings (SSSR count). The molecule has 2 aromatic carbocycles. The predicted molar refractivity (Wildman–Crippen MR) is 240 cm³/mol. The number of hydrogen-bond donors (Lipinski definition) is 3. The zero-order valence-corrected chi connectivity index (χ0v) is 36.9. The third-order valence-electron chi connectivity index (χ3n) is 10.4. The molecule has 6 aromatic rings. The van der Waals surface area contributed by atoms with Gasteiger partial charge in [0.25, 0.3) is 0 Å². The topological polar surface area (TPSA) is 211 Å². The molecule has 2 unspecified atom stereocenters. The van der Waals surface area contributed by atoms with E-state index in [1.807, 2.05) is 41.1 Å². The molecule has 0 bridgehead atoms. The van der Waals surface area contributed by atoms with Gasteiger partial charge in [-0.25, -0.2) is 24.1 Å². The van der Waals surface area contributed by atoms with E-state index in [1.54, 1.807) is 69.3 Å². The average Bonchev–Trinajstić information content (AvgIpc) is 3.94. The number of nitrogens with one attached hydrogen (secondary N) is 1. The summed E-state index contributed by atoms with van der Waals surface area (Å²) in [6.07, 6.45) is 11.7. The predicted octanol–water partition coefficient (Wildman–Crippen LogP) is 7.73. The molecular weight excluding hydrogens is 858 g/mol. The van der Waals surface area contributed by atoms with Crippen LogP contribution in [-0.4, -0.2) is 78.2 Å². The van der Waals surface area contributed by atoms with E-state index in [4.69, 9.17) is 25.7 Å². The van der Waals surface area contributed by atoms with Crippen molar-refractivity contribution in [2.45, 2.75) is 90.4 Å². The number of benzene rings is 2. The van der Waals surface area contributed by atoms with Crippen LogP contribution in [-0.2, 0) is 36.9 Å². The van der Waals surface area contributed by atoms with Gasteiger partial charge in [0.05, 0.1) is 45.0 Å². The zero-order chi connectivity index (χ0) is 44.0. The van der Waals surface area contributed by atoms with Crippen LogP contribution in [0.3, 0.4) is 0 Å². The number of rotatable bonds is 8. The van der Waals surface area contributed by atoms with Crippen LogP contribution in [0.1, 0.15) is 82.9 Å². The molecule has 62 heavy (non-hydrogen) atoms. The molecule has 2 atom stereocenters. The number of carbonyl (C=O) groups is 3. The summed E-state index contributed by atoms with van der Waals surface area (Å²) in [4.78, 5) is 51.3. The van der Waals surface area contributed by atoms with Gasteiger partial charge in [-0.2, -0.15) is 10.2 Å². The average molecular weight is 911 g/mol. The number of halogens is 1. The van der Waals surface area contributed by atoms with Gasteiger partial charge < -0.3 is 35.9 Å². The normalized spacial score (nSPS) is 16.6. The molecule has 326 valence electrons. The minimum Gasteiger partial charge on any atom is -0.443 e. The minimum absolute atomic E-state index is 0.0133. The van der Waals surface area contributed by atoms with Crippen LogP contribution in [0, 0.1) is 0 Å². The first-order valence-corrected chi connectivity index (χ1v) is 21.4. The smallest absolute Gasteiger partial charge is 0.414 e. The quantitative estimate of drug-likeness (QED) is 0.125. The van der Waals surface area contributed by atoms with Gasteiger partial charge in [-0.3, -0.25) is 14.5 Å².